The molecule has 0 atom stereocenters. The van der Waals surface area contributed by atoms with E-state index in [-0.39, 0.29) is 11.4 Å². The Kier molecular flexibility index (Phi) is 5.33. The predicted octanol–water partition coefficient (Wildman–Crippen LogP) is 4.61. The first-order valence-corrected chi connectivity index (χ1v) is 8.23. The molecule has 134 valence electrons. The third-order valence-electron chi connectivity index (χ3n) is 3.84. The average molecular weight is 358 g/mol. The van der Waals surface area contributed by atoms with Gasteiger partial charge in [-0.25, -0.2) is 9.79 Å². The van der Waals surface area contributed by atoms with Crippen LogP contribution in [0.15, 0.2) is 90.4 Å². The van der Waals surface area contributed by atoms with Gasteiger partial charge in [-0.15, -0.1) is 0 Å². The Morgan fingerprint density at radius 2 is 1.59 bits per heavy atom. The summed E-state index contributed by atoms with van der Waals surface area (Å²) in [5.41, 5.74) is 7.64. The quantitative estimate of drug-likeness (QED) is 0.383. The normalized spacial score (nSPS) is 11.0. The summed E-state index contributed by atoms with van der Waals surface area (Å²) in [6.45, 7) is 3.60. The number of amidine groups is 1. The Morgan fingerprint density at radius 3 is 2.33 bits per heavy atom. The van der Waals surface area contributed by atoms with Crippen LogP contribution in [0.1, 0.15) is 11.1 Å². The van der Waals surface area contributed by atoms with Gasteiger partial charge in [0.1, 0.15) is 17.3 Å². The molecule has 0 aliphatic carbocycles. The zero-order valence-corrected chi connectivity index (χ0v) is 14.5. The van der Waals surface area contributed by atoms with Gasteiger partial charge in [-0.05, 0) is 30.3 Å². The number of aliphatic imine (C=N–C) groups is 1. The van der Waals surface area contributed by atoms with Crippen molar-refractivity contribution in [3.05, 3.63) is 96.6 Å². The van der Waals surface area contributed by atoms with Gasteiger partial charge in [-0.1, -0.05) is 55.1 Å². The summed E-state index contributed by atoms with van der Waals surface area (Å²) in [5.74, 6) is 0.488. The lowest BCUT2D eigenvalue weighted by molar-refractivity contribution is -0.130. The number of rotatable bonds is 6. The Hall–Kier alpha value is -3.86. The molecular formula is C22H18N2O3. The van der Waals surface area contributed by atoms with E-state index in [1.807, 2.05) is 48.5 Å². The maximum atomic E-state index is 11.2. The molecule has 0 saturated heterocycles. The highest BCUT2D eigenvalue weighted by atomic mass is 16.5. The summed E-state index contributed by atoms with van der Waals surface area (Å²) in [6.07, 6.45) is 0. The molecule has 0 aliphatic heterocycles. The van der Waals surface area contributed by atoms with Crippen LogP contribution in [0.3, 0.4) is 0 Å². The van der Waals surface area contributed by atoms with Gasteiger partial charge in [-0.3, -0.25) is 0 Å². The van der Waals surface area contributed by atoms with Crippen LogP contribution in [0.25, 0.3) is 5.57 Å². The molecule has 0 spiro atoms. The molecule has 3 aromatic carbocycles. The maximum absolute atomic E-state index is 11.2. The van der Waals surface area contributed by atoms with Crippen molar-refractivity contribution in [3.63, 3.8) is 0 Å². The van der Waals surface area contributed by atoms with E-state index in [9.17, 15) is 9.90 Å². The van der Waals surface area contributed by atoms with Gasteiger partial charge in [0.25, 0.3) is 0 Å². The van der Waals surface area contributed by atoms with Crippen molar-refractivity contribution < 1.29 is 14.6 Å². The Bertz CT molecular complexity index is 1010. The van der Waals surface area contributed by atoms with Crippen LogP contribution in [0.2, 0.25) is 0 Å². The second-order valence-electron chi connectivity index (χ2n) is 5.74. The molecule has 0 bridgehead atoms. The van der Waals surface area contributed by atoms with E-state index in [0.717, 1.165) is 0 Å². The van der Waals surface area contributed by atoms with E-state index in [4.69, 9.17) is 10.5 Å². The number of nitrogens with zero attached hydrogens (tertiary/aromatic N) is 1. The number of nitrogens with two attached hydrogens (primary N) is 1. The highest BCUT2D eigenvalue weighted by Crippen LogP contribution is 2.27. The largest absolute Gasteiger partial charge is 0.478 e. The number of ether oxygens (including phenoxy) is 1. The molecule has 0 fully saturated rings. The Balaban J connectivity index is 1.90. The molecule has 0 saturated carbocycles. The number of carboxylic acid groups (broad SMARTS) is 1. The molecule has 0 aromatic heterocycles. The first kappa shape index (κ1) is 17.9. The van der Waals surface area contributed by atoms with Gasteiger partial charge in [0.05, 0.1) is 11.3 Å². The van der Waals surface area contributed by atoms with Crippen molar-refractivity contribution in [3.8, 4) is 11.5 Å². The third kappa shape index (κ3) is 4.41. The lowest BCUT2D eigenvalue weighted by Gasteiger charge is -2.09. The van der Waals surface area contributed by atoms with E-state index in [0.29, 0.717) is 28.3 Å². The second kappa shape index (κ2) is 8.01. The van der Waals surface area contributed by atoms with Crippen LogP contribution in [0.4, 0.5) is 5.69 Å². The number of carbonyl (C=O) groups is 1. The minimum atomic E-state index is -1.10. The van der Waals surface area contributed by atoms with Crippen LogP contribution in [-0.2, 0) is 4.79 Å². The molecule has 0 radical (unpaired) electrons. The molecule has 0 amide bonds. The van der Waals surface area contributed by atoms with E-state index in [2.05, 4.69) is 11.6 Å². The highest BCUT2D eigenvalue weighted by molar-refractivity contribution is 6.16. The molecule has 3 N–H and O–H groups in total. The summed E-state index contributed by atoms with van der Waals surface area (Å²) in [4.78, 5) is 15.6. The summed E-state index contributed by atoms with van der Waals surface area (Å²) in [5, 5.41) is 9.19. The number of benzene rings is 3. The van der Waals surface area contributed by atoms with Crippen molar-refractivity contribution in [2.24, 2.45) is 10.7 Å². The van der Waals surface area contributed by atoms with Gasteiger partial charge >= 0.3 is 5.97 Å². The number of hydrogen-bond donors (Lipinski definition) is 2. The average Bonchev–Trinajstić information content (AvgIpc) is 2.69. The Labute approximate surface area is 157 Å². The highest BCUT2D eigenvalue weighted by Gasteiger charge is 2.12. The van der Waals surface area contributed by atoms with Crippen molar-refractivity contribution in [1.82, 2.24) is 0 Å². The first-order valence-electron chi connectivity index (χ1n) is 8.23. The van der Waals surface area contributed by atoms with E-state index < -0.39 is 5.97 Å². The van der Waals surface area contributed by atoms with Gasteiger partial charge in [0, 0.05) is 11.1 Å². The third-order valence-corrected chi connectivity index (χ3v) is 3.84. The van der Waals surface area contributed by atoms with Crippen LogP contribution < -0.4 is 10.5 Å². The summed E-state index contributed by atoms with van der Waals surface area (Å²) >= 11 is 0. The van der Waals surface area contributed by atoms with E-state index in [1.165, 1.54) is 0 Å². The van der Waals surface area contributed by atoms with Gasteiger partial charge in [-0.2, -0.15) is 0 Å². The summed E-state index contributed by atoms with van der Waals surface area (Å²) in [7, 11) is 0. The van der Waals surface area contributed by atoms with Crippen LogP contribution in [0, 0.1) is 0 Å². The van der Waals surface area contributed by atoms with E-state index >= 15 is 0 Å². The molecule has 0 aliphatic rings. The molecule has 5 heteroatoms. The monoisotopic (exact) mass is 358 g/mol. The fraction of sp³-hybridized carbons (Fsp3) is 0. The molecular weight excluding hydrogens is 340 g/mol. The summed E-state index contributed by atoms with van der Waals surface area (Å²) in [6, 6.07) is 23.5. The predicted molar refractivity (Wildman–Crippen MR) is 106 cm³/mol. The molecule has 0 unspecified atom stereocenters. The standard InChI is InChI=1S/C22H18N2O3/c1-15(22(25)26)19-12-5-6-13-20(19)24-21(23)16-8-7-11-18(14-16)27-17-9-3-2-4-10-17/h2-14H,1H2,(H2,23,24)(H,25,26). The first-order chi connectivity index (χ1) is 13.0. The van der Waals surface area contributed by atoms with Crippen molar-refractivity contribution >= 4 is 23.1 Å². The fourth-order valence-corrected chi connectivity index (χ4v) is 2.48. The van der Waals surface area contributed by atoms with Crippen LogP contribution >= 0.6 is 0 Å². The van der Waals surface area contributed by atoms with E-state index in [1.54, 1.807) is 30.3 Å². The molecule has 0 heterocycles. The lowest BCUT2D eigenvalue weighted by atomic mass is 10.1. The minimum absolute atomic E-state index is 0.0386. The Morgan fingerprint density at radius 1 is 0.926 bits per heavy atom. The molecule has 3 aromatic rings. The van der Waals surface area contributed by atoms with Gasteiger partial charge < -0.3 is 15.6 Å². The molecule has 3 rings (SSSR count). The minimum Gasteiger partial charge on any atom is -0.478 e. The van der Waals surface area contributed by atoms with Crippen LogP contribution in [0.5, 0.6) is 11.5 Å². The fourth-order valence-electron chi connectivity index (χ4n) is 2.48. The molecule has 27 heavy (non-hydrogen) atoms. The zero-order chi connectivity index (χ0) is 19.2. The number of carboxylic acids is 1. The van der Waals surface area contributed by atoms with Gasteiger partial charge in [0.15, 0.2) is 0 Å². The summed E-state index contributed by atoms with van der Waals surface area (Å²) < 4.78 is 5.81. The number of hydrogen-bond acceptors (Lipinski definition) is 3. The number of para-hydroxylation sites is 2. The number of aliphatic carboxylic acids is 1. The zero-order valence-electron chi connectivity index (χ0n) is 14.5. The van der Waals surface area contributed by atoms with Gasteiger partial charge in [0.2, 0.25) is 0 Å². The maximum Gasteiger partial charge on any atom is 0.335 e. The van der Waals surface area contributed by atoms with Crippen molar-refractivity contribution in [2.45, 2.75) is 0 Å². The topological polar surface area (TPSA) is 84.9 Å². The van der Waals surface area contributed by atoms with Crippen LogP contribution in [-0.4, -0.2) is 16.9 Å². The lowest BCUT2D eigenvalue weighted by Crippen LogP contribution is -2.13. The van der Waals surface area contributed by atoms with Crippen molar-refractivity contribution in [1.29, 1.82) is 0 Å². The SMILES string of the molecule is C=C(C(=O)O)c1ccccc1N=C(N)c1cccc(Oc2ccccc2)c1. The van der Waals surface area contributed by atoms with Crippen molar-refractivity contribution in [2.75, 3.05) is 0 Å². The second-order valence-corrected chi connectivity index (χ2v) is 5.74. The molecule has 5 nitrogen and oxygen atoms in total. The smallest absolute Gasteiger partial charge is 0.335 e.